The van der Waals surface area contributed by atoms with Crippen molar-refractivity contribution in [1.29, 1.82) is 0 Å². The fraction of sp³-hybridized carbons (Fsp3) is 0.391. The van der Waals surface area contributed by atoms with Crippen molar-refractivity contribution < 1.29 is 14.0 Å². The van der Waals surface area contributed by atoms with Crippen LogP contribution in [0.25, 0.3) is 0 Å². The Morgan fingerprint density at radius 2 is 1.66 bits per heavy atom. The Balaban J connectivity index is 1.72. The van der Waals surface area contributed by atoms with Crippen molar-refractivity contribution in [3.8, 4) is 0 Å². The van der Waals surface area contributed by atoms with E-state index in [0.29, 0.717) is 11.3 Å². The zero-order chi connectivity index (χ0) is 21.1. The van der Waals surface area contributed by atoms with E-state index in [0.717, 1.165) is 31.2 Å². The summed E-state index contributed by atoms with van der Waals surface area (Å²) >= 11 is 0. The van der Waals surface area contributed by atoms with Crippen LogP contribution in [0.2, 0.25) is 0 Å². The molecule has 3 N–H and O–H groups in total. The van der Waals surface area contributed by atoms with Gasteiger partial charge >= 0.3 is 6.03 Å². The highest BCUT2D eigenvalue weighted by Gasteiger charge is 2.37. The van der Waals surface area contributed by atoms with E-state index in [1.54, 1.807) is 36.4 Å². The van der Waals surface area contributed by atoms with Crippen molar-refractivity contribution in [3.63, 3.8) is 0 Å². The van der Waals surface area contributed by atoms with Crippen LogP contribution in [0.3, 0.4) is 0 Å². The van der Waals surface area contributed by atoms with Crippen molar-refractivity contribution in [1.82, 2.24) is 10.6 Å². The highest BCUT2D eigenvalue weighted by atomic mass is 19.1. The molecule has 6 heteroatoms. The maximum absolute atomic E-state index is 13.3. The maximum Gasteiger partial charge on any atom is 0.319 e. The molecule has 0 saturated heterocycles. The molecule has 154 valence electrons. The average Bonchev–Trinajstić information content (AvgIpc) is 3.10. The molecule has 1 aliphatic rings. The van der Waals surface area contributed by atoms with Crippen LogP contribution in [0.1, 0.15) is 62.4 Å². The minimum absolute atomic E-state index is 0.194. The summed E-state index contributed by atoms with van der Waals surface area (Å²) in [5.41, 5.74) is 1.08. The number of rotatable bonds is 4. The summed E-state index contributed by atoms with van der Waals surface area (Å²) in [4.78, 5) is 25.1. The van der Waals surface area contributed by atoms with Crippen LogP contribution < -0.4 is 16.0 Å². The quantitative estimate of drug-likeness (QED) is 0.683. The molecule has 2 aromatic carbocycles. The summed E-state index contributed by atoms with van der Waals surface area (Å²) in [6, 6.07) is 12.8. The molecule has 2 aromatic rings. The predicted octanol–water partition coefficient (Wildman–Crippen LogP) is 4.95. The Labute approximate surface area is 171 Å². The van der Waals surface area contributed by atoms with Crippen LogP contribution >= 0.6 is 0 Å². The van der Waals surface area contributed by atoms with Gasteiger partial charge in [0.25, 0.3) is 5.91 Å². The fourth-order valence-corrected chi connectivity index (χ4v) is 3.76. The maximum atomic E-state index is 13.3. The molecule has 0 aromatic heterocycles. The number of hydrogen-bond donors (Lipinski definition) is 3. The third-order valence-corrected chi connectivity index (χ3v) is 5.08. The normalized spacial score (nSPS) is 15.6. The Morgan fingerprint density at radius 1 is 1.00 bits per heavy atom. The van der Waals surface area contributed by atoms with Gasteiger partial charge in [0.15, 0.2) is 0 Å². The lowest BCUT2D eigenvalue weighted by Gasteiger charge is -2.31. The molecule has 0 atom stereocenters. The summed E-state index contributed by atoms with van der Waals surface area (Å²) in [6.45, 7) is 5.74. The van der Waals surface area contributed by atoms with E-state index in [4.69, 9.17) is 0 Å². The van der Waals surface area contributed by atoms with Gasteiger partial charge in [0.2, 0.25) is 0 Å². The van der Waals surface area contributed by atoms with Gasteiger partial charge in [-0.25, -0.2) is 9.18 Å². The summed E-state index contributed by atoms with van der Waals surface area (Å²) in [5, 5.41) is 8.83. The summed E-state index contributed by atoms with van der Waals surface area (Å²) in [5.74, 6) is -0.489. The number of benzene rings is 2. The van der Waals surface area contributed by atoms with Gasteiger partial charge in [-0.1, -0.05) is 31.0 Å². The van der Waals surface area contributed by atoms with Crippen LogP contribution in [0, 0.1) is 5.82 Å². The second kappa shape index (κ2) is 8.23. The molecule has 0 bridgehead atoms. The van der Waals surface area contributed by atoms with Gasteiger partial charge in [-0.3, -0.25) is 4.79 Å². The van der Waals surface area contributed by atoms with Crippen molar-refractivity contribution in [2.24, 2.45) is 0 Å². The number of urea groups is 1. The Hall–Kier alpha value is -2.89. The van der Waals surface area contributed by atoms with E-state index in [2.05, 4.69) is 16.0 Å². The monoisotopic (exact) mass is 397 g/mol. The van der Waals surface area contributed by atoms with Gasteiger partial charge in [-0.05, 0) is 69.5 Å². The van der Waals surface area contributed by atoms with Crippen molar-refractivity contribution in [2.45, 2.75) is 57.5 Å². The standard InChI is InChI=1S/C23H28FN3O2/c1-22(2,3)26-20(28)16-7-6-8-19(15-16)25-21(29)27-23(13-4-5-14-23)17-9-11-18(24)12-10-17/h6-12,15H,4-5,13-14H2,1-3H3,(H,26,28)(H2,25,27,29). The molecule has 1 saturated carbocycles. The van der Waals surface area contributed by atoms with Gasteiger partial charge in [-0.2, -0.15) is 0 Å². The Bertz CT molecular complexity index is 882. The second-order valence-corrected chi connectivity index (χ2v) is 8.66. The first kappa shape index (κ1) is 20.8. The minimum atomic E-state index is -0.501. The van der Waals surface area contributed by atoms with E-state index in [1.807, 2.05) is 20.8 Å². The number of hydrogen-bond acceptors (Lipinski definition) is 2. The number of amides is 3. The van der Waals surface area contributed by atoms with E-state index in [1.165, 1.54) is 12.1 Å². The molecule has 1 fully saturated rings. The highest BCUT2D eigenvalue weighted by molar-refractivity contribution is 5.97. The molecule has 1 aliphatic carbocycles. The van der Waals surface area contributed by atoms with Crippen LogP contribution in [-0.4, -0.2) is 17.5 Å². The first-order valence-electron chi connectivity index (χ1n) is 9.95. The van der Waals surface area contributed by atoms with Crippen LogP contribution in [0.15, 0.2) is 48.5 Å². The van der Waals surface area contributed by atoms with Crippen molar-refractivity contribution in [3.05, 3.63) is 65.5 Å². The third-order valence-electron chi connectivity index (χ3n) is 5.08. The lowest BCUT2D eigenvalue weighted by Crippen LogP contribution is -2.45. The molecule has 0 aliphatic heterocycles. The number of carbonyl (C=O) groups is 2. The molecule has 0 radical (unpaired) electrons. The van der Waals surface area contributed by atoms with E-state index in [-0.39, 0.29) is 23.3 Å². The van der Waals surface area contributed by atoms with Gasteiger partial charge < -0.3 is 16.0 Å². The number of halogens is 1. The molecular weight excluding hydrogens is 369 g/mol. The largest absolute Gasteiger partial charge is 0.347 e. The second-order valence-electron chi connectivity index (χ2n) is 8.66. The predicted molar refractivity (Wildman–Crippen MR) is 112 cm³/mol. The molecule has 0 heterocycles. The lowest BCUT2D eigenvalue weighted by molar-refractivity contribution is 0.0919. The van der Waals surface area contributed by atoms with E-state index >= 15 is 0 Å². The first-order valence-corrected chi connectivity index (χ1v) is 9.95. The highest BCUT2D eigenvalue weighted by Crippen LogP contribution is 2.38. The summed E-state index contributed by atoms with van der Waals surface area (Å²) in [7, 11) is 0. The average molecular weight is 397 g/mol. The van der Waals surface area contributed by atoms with Gasteiger partial charge in [0.1, 0.15) is 5.82 Å². The lowest BCUT2D eigenvalue weighted by atomic mass is 9.88. The Kier molecular flexibility index (Phi) is 5.91. The number of carbonyl (C=O) groups excluding carboxylic acids is 2. The summed E-state index contributed by atoms with van der Waals surface area (Å²) in [6.07, 6.45) is 3.61. The molecule has 0 spiro atoms. The van der Waals surface area contributed by atoms with Crippen LogP contribution in [0.4, 0.5) is 14.9 Å². The zero-order valence-corrected chi connectivity index (χ0v) is 17.1. The SMILES string of the molecule is CC(C)(C)NC(=O)c1cccc(NC(=O)NC2(c3ccc(F)cc3)CCCC2)c1. The molecule has 0 unspecified atom stereocenters. The van der Waals surface area contributed by atoms with Gasteiger partial charge in [0, 0.05) is 16.8 Å². The fourth-order valence-electron chi connectivity index (χ4n) is 3.76. The molecule has 29 heavy (non-hydrogen) atoms. The van der Waals surface area contributed by atoms with Crippen molar-refractivity contribution in [2.75, 3.05) is 5.32 Å². The molecular formula is C23H28FN3O2. The van der Waals surface area contributed by atoms with Crippen LogP contribution in [-0.2, 0) is 5.54 Å². The number of nitrogens with one attached hydrogen (secondary N) is 3. The molecule has 3 amide bonds. The zero-order valence-electron chi connectivity index (χ0n) is 17.1. The topological polar surface area (TPSA) is 70.2 Å². The molecule has 3 rings (SSSR count). The van der Waals surface area contributed by atoms with Crippen LogP contribution in [0.5, 0.6) is 0 Å². The number of anilines is 1. The van der Waals surface area contributed by atoms with Gasteiger partial charge in [0.05, 0.1) is 5.54 Å². The van der Waals surface area contributed by atoms with Crippen molar-refractivity contribution >= 4 is 17.6 Å². The van der Waals surface area contributed by atoms with Gasteiger partial charge in [-0.15, -0.1) is 0 Å². The summed E-state index contributed by atoms with van der Waals surface area (Å²) < 4.78 is 13.3. The van der Waals surface area contributed by atoms with E-state index in [9.17, 15) is 14.0 Å². The third kappa shape index (κ3) is 5.34. The smallest absolute Gasteiger partial charge is 0.319 e. The molecule has 5 nitrogen and oxygen atoms in total. The van der Waals surface area contributed by atoms with E-state index < -0.39 is 5.54 Å². The minimum Gasteiger partial charge on any atom is -0.347 e. The first-order chi connectivity index (χ1) is 13.7. The Morgan fingerprint density at radius 3 is 2.28 bits per heavy atom.